The van der Waals surface area contributed by atoms with E-state index in [0.717, 1.165) is 33.6 Å². The Bertz CT molecular complexity index is 912. The van der Waals surface area contributed by atoms with Gasteiger partial charge in [-0.05, 0) is 42.8 Å². The van der Waals surface area contributed by atoms with E-state index in [-0.39, 0.29) is 0 Å². The lowest BCUT2D eigenvalue weighted by atomic mass is 10.0. The van der Waals surface area contributed by atoms with Crippen molar-refractivity contribution in [2.24, 2.45) is 0 Å². The predicted molar refractivity (Wildman–Crippen MR) is 85.2 cm³/mol. The van der Waals surface area contributed by atoms with E-state index in [1.807, 2.05) is 49.4 Å². The van der Waals surface area contributed by atoms with Crippen LogP contribution in [0.3, 0.4) is 0 Å². The lowest BCUT2D eigenvalue weighted by Crippen LogP contribution is -1.90. The van der Waals surface area contributed by atoms with Crippen molar-refractivity contribution in [3.05, 3.63) is 66.5 Å². The van der Waals surface area contributed by atoms with Crippen LogP contribution in [0.25, 0.3) is 33.9 Å². The standard InChI is InChI=1S/C18H13N3O/c1-12-11-13(7-8-14(12)17-19-9-4-10-20-17)18-21-15-5-2-3-6-16(15)22-18/h2-11H,1H3. The van der Waals surface area contributed by atoms with Crippen LogP contribution >= 0.6 is 0 Å². The molecule has 4 aromatic rings. The van der Waals surface area contributed by atoms with Crippen molar-refractivity contribution in [3.8, 4) is 22.8 Å². The minimum absolute atomic E-state index is 0.629. The molecule has 106 valence electrons. The van der Waals surface area contributed by atoms with Gasteiger partial charge >= 0.3 is 0 Å². The van der Waals surface area contributed by atoms with Crippen molar-refractivity contribution in [3.63, 3.8) is 0 Å². The average molecular weight is 287 g/mol. The van der Waals surface area contributed by atoms with Crippen LogP contribution in [0, 0.1) is 6.92 Å². The van der Waals surface area contributed by atoms with Gasteiger partial charge in [0, 0.05) is 23.5 Å². The summed E-state index contributed by atoms with van der Waals surface area (Å²) in [7, 11) is 0. The summed E-state index contributed by atoms with van der Waals surface area (Å²) >= 11 is 0. The molecular formula is C18H13N3O. The summed E-state index contributed by atoms with van der Waals surface area (Å²) in [6.07, 6.45) is 3.49. The number of hydrogen-bond donors (Lipinski definition) is 0. The Balaban J connectivity index is 1.79. The van der Waals surface area contributed by atoms with Gasteiger partial charge in [0.25, 0.3) is 0 Å². The Morgan fingerprint density at radius 3 is 2.50 bits per heavy atom. The number of oxazole rings is 1. The van der Waals surface area contributed by atoms with Crippen LogP contribution in [-0.2, 0) is 0 Å². The molecule has 2 aromatic carbocycles. The molecule has 0 atom stereocenters. The third kappa shape index (κ3) is 2.15. The van der Waals surface area contributed by atoms with Crippen molar-refractivity contribution in [1.29, 1.82) is 0 Å². The minimum Gasteiger partial charge on any atom is -0.436 e. The van der Waals surface area contributed by atoms with E-state index in [4.69, 9.17) is 4.42 Å². The van der Waals surface area contributed by atoms with Crippen molar-refractivity contribution in [1.82, 2.24) is 15.0 Å². The van der Waals surface area contributed by atoms with Gasteiger partial charge in [-0.3, -0.25) is 0 Å². The van der Waals surface area contributed by atoms with Crippen LogP contribution in [0.1, 0.15) is 5.56 Å². The highest BCUT2D eigenvalue weighted by molar-refractivity contribution is 5.76. The van der Waals surface area contributed by atoms with Crippen LogP contribution in [-0.4, -0.2) is 15.0 Å². The quantitative estimate of drug-likeness (QED) is 0.552. The molecule has 0 saturated carbocycles. The van der Waals surface area contributed by atoms with E-state index in [1.165, 1.54) is 0 Å². The summed E-state index contributed by atoms with van der Waals surface area (Å²) in [6, 6.07) is 15.6. The highest BCUT2D eigenvalue weighted by atomic mass is 16.3. The fraction of sp³-hybridized carbons (Fsp3) is 0.0556. The average Bonchev–Trinajstić information content (AvgIpc) is 2.99. The molecule has 4 nitrogen and oxygen atoms in total. The number of nitrogens with zero attached hydrogens (tertiary/aromatic N) is 3. The summed E-state index contributed by atoms with van der Waals surface area (Å²) in [5.74, 6) is 1.36. The summed E-state index contributed by atoms with van der Waals surface area (Å²) in [5.41, 5.74) is 4.72. The number of aryl methyl sites for hydroxylation is 1. The van der Waals surface area contributed by atoms with Crippen LogP contribution < -0.4 is 0 Å². The molecule has 0 amide bonds. The van der Waals surface area contributed by atoms with Gasteiger partial charge in [-0.25, -0.2) is 15.0 Å². The number of benzene rings is 2. The highest BCUT2D eigenvalue weighted by Crippen LogP contribution is 2.28. The normalized spacial score (nSPS) is 11.0. The number of hydrogen-bond acceptors (Lipinski definition) is 4. The zero-order valence-corrected chi connectivity index (χ0v) is 12.0. The predicted octanol–water partition coefficient (Wildman–Crippen LogP) is 4.26. The first-order valence-corrected chi connectivity index (χ1v) is 7.05. The van der Waals surface area contributed by atoms with Gasteiger partial charge in [0.1, 0.15) is 5.52 Å². The molecule has 4 heteroatoms. The van der Waals surface area contributed by atoms with Gasteiger partial charge in [0.05, 0.1) is 0 Å². The summed E-state index contributed by atoms with van der Waals surface area (Å²) in [5, 5.41) is 0. The van der Waals surface area contributed by atoms with Gasteiger partial charge in [-0.1, -0.05) is 18.2 Å². The Hall–Kier alpha value is -3.01. The Morgan fingerprint density at radius 2 is 1.73 bits per heavy atom. The van der Waals surface area contributed by atoms with Crippen LogP contribution in [0.15, 0.2) is 65.3 Å². The largest absolute Gasteiger partial charge is 0.436 e. The molecule has 0 aliphatic rings. The molecule has 0 unspecified atom stereocenters. The van der Waals surface area contributed by atoms with E-state index in [1.54, 1.807) is 12.4 Å². The number of fused-ring (bicyclic) bond motifs is 1. The molecule has 0 fully saturated rings. The molecular weight excluding hydrogens is 274 g/mol. The number of para-hydroxylation sites is 2. The molecule has 0 N–H and O–H groups in total. The first-order chi connectivity index (χ1) is 10.8. The minimum atomic E-state index is 0.629. The monoisotopic (exact) mass is 287 g/mol. The smallest absolute Gasteiger partial charge is 0.227 e. The molecule has 0 aliphatic heterocycles. The lowest BCUT2D eigenvalue weighted by molar-refractivity contribution is 0.620. The van der Waals surface area contributed by atoms with Gasteiger partial charge < -0.3 is 4.42 Å². The molecule has 2 aromatic heterocycles. The maximum Gasteiger partial charge on any atom is 0.227 e. The number of aromatic nitrogens is 3. The zero-order valence-electron chi connectivity index (χ0n) is 12.0. The summed E-state index contributed by atoms with van der Waals surface area (Å²) in [4.78, 5) is 13.1. The molecule has 22 heavy (non-hydrogen) atoms. The Morgan fingerprint density at radius 1 is 0.909 bits per heavy atom. The molecule has 0 aliphatic carbocycles. The Labute approximate surface area is 127 Å². The first kappa shape index (κ1) is 12.7. The maximum atomic E-state index is 5.81. The van der Waals surface area contributed by atoms with E-state index in [9.17, 15) is 0 Å². The summed E-state index contributed by atoms with van der Waals surface area (Å²) < 4.78 is 5.81. The molecule has 2 heterocycles. The van der Waals surface area contributed by atoms with E-state index >= 15 is 0 Å². The van der Waals surface area contributed by atoms with Gasteiger partial charge in [-0.15, -0.1) is 0 Å². The highest BCUT2D eigenvalue weighted by Gasteiger charge is 2.11. The third-order valence-corrected chi connectivity index (χ3v) is 3.57. The third-order valence-electron chi connectivity index (χ3n) is 3.57. The SMILES string of the molecule is Cc1cc(-c2nc3ccccc3o2)ccc1-c1ncccn1. The van der Waals surface area contributed by atoms with Crippen molar-refractivity contribution >= 4 is 11.1 Å². The molecule has 0 bridgehead atoms. The molecule has 0 saturated heterocycles. The van der Waals surface area contributed by atoms with E-state index in [2.05, 4.69) is 21.0 Å². The van der Waals surface area contributed by atoms with Gasteiger partial charge in [0.15, 0.2) is 11.4 Å². The summed E-state index contributed by atoms with van der Waals surface area (Å²) in [6.45, 7) is 2.04. The molecule has 0 radical (unpaired) electrons. The van der Waals surface area contributed by atoms with Crippen molar-refractivity contribution in [2.45, 2.75) is 6.92 Å². The topological polar surface area (TPSA) is 51.8 Å². The molecule has 0 spiro atoms. The van der Waals surface area contributed by atoms with Crippen LogP contribution in [0.4, 0.5) is 0 Å². The van der Waals surface area contributed by atoms with Gasteiger partial charge in [0.2, 0.25) is 5.89 Å². The fourth-order valence-corrected chi connectivity index (χ4v) is 2.48. The molecule has 4 rings (SSSR count). The van der Waals surface area contributed by atoms with Crippen LogP contribution in [0.2, 0.25) is 0 Å². The van der Waals surface area contributed by atoms with E-state index < -0.39 is 0 Å². The number of rotatable bonds is 2. The second-order valence-corrected chi connectivity index (χ2v) is 5.09. The fourth-order valence-electron chi connectivity index (χ4n) is 2.48. The second kappa shape index (κ2) is 5.07. The first-order valence-electron chi connectivity index (χ1n) is 7.05. The second-order valence-electron chi connectivity index (χ2n) is 5.09. The van der Waals surface area contributed by atoms with Gasteiger partial charge in [-0.2, -0.15) is 0 Å². The van der Waals surface area contributed by atoms with E-state index in [0.29, 0.717) is 5.89 Å². The van der Waals surface area contributed by atoms with Crippen LogP contribution in [0.5, 0.6) is 0 Å². The van der Waals surface area contributed by atoms with Crippen molar-refractivity contribution in [2.75, 3.05) is 0 Å². The van der Waals surface area contributed by atoms with Crippen molar-refractivity contribution < 1.29 is 4.42 Å². The lowest BCUT2D eigenvalue weighted by Gasteiger charge is -2.05. The Kier molecular flexibility index (Phi) is 2.93. The maximum absolute atomic E-state index is 5.81. The zero-order chi connectivity index (χ0) is 14.9.